The van der Waals surface area contributed by atoms with E-state index in [-0.39, 0.29) is 50.5 Å². The van der Waals surface area contributed by atoms with Gasteiger partial charge in [0, 0.05) is 10.8 Å². The molecule has 27 aliphatic carbocycles. The van der Waals surface area contributed by atoms with Crippen molar-refractivity contribution in [3.63, 3.8) is 0 Å². The number of carbonyl (C=O) groups is 1. The zero-order valence-electron chi connectivity index (χ0n) is 72.3. The largest absolute Gasteiger partial charge is 0.459 e. The van der Waals surface area contributed by atoms with Crippen LogP contribution in [0.15, 0.2) is 117 Å². The van der Waals surface area contributed by atoms with E-state index in [2.05, 4.69) is 186 Å². The van der Waals surface area contributed by atoms with Gasteiger partial charge in [-0.3, -0.25) is 0 Å². The maximum Gasteiger partial charge on any atom is 0.339 e. The Labute approximate surface area is 660 Å². The van der Waals surface area contributed by atoms with E-state index in [0.717, 1.165) is 150 Å². The van der Waals surface area contributed by atoms with Crippen molar-refractivity contribution >= 4 is 5.97 Å². The predicted molar refractivity (Wildman–Crippen MR) is 449 cm³/mol. The molecule has 0 aromatic heterocycles. The van der Waals surface area contributed by atoms with Crippen LogP contribution in [-0.2, 0) is 14.3 Å². The molecule has 0 spiro atoms. The fraction of sp³-hybridized carbons (Fsp3) is 0.800. The number of rotatable bonds is 32. The molecule has 9 saturated carbocycles. The minimum absolute atomic E-state index is 0.0105. The monoisotopic (exact) mass is 1460 g/mol. The Balaban J connectivity index is 0.914. The van der Waals surface area contributed by atoms with Crippen molar-refractivity contribution in [1.82, 2.24) is 0 Å². The highest BCUT2D eigenvalue weighted by molar-refractivity contribution is 5.81. The molecule has 27 aliphatic rings. The zero-order valence-corrected chi connectivity index (χ0v) is 72.3. The third kappa shape index (κ3) is 11.1. The number of ether oxygens (including phenoxy) is 2. The van der Waals surface area contributed by atoms with Gasteiger partial charge in [-0.15, -0.1) is 0 Å². The summed E-state index contributed by atoms with van der Waals surface area (Å²) in [5, 5.41) is 0. The Bertz CT molecular complexity index is 3680. The van der Waals surface area contributed by atoms with E-state index in [4.69, 9.17) is 4.74 Å². The first kappa shape index (κ1) is 76.1. The quantitative estimate of drug-likeness (QED) is 0.0497. The van der Waals surface area contributed by atoms with E-state index in [1.807, 2.05) is 6.08 Å². The van der Waals surface area contributed by atoms with E-state index in [0.29, 0.717) is 76.4 Å². The van der Waals surface area contributed by atoms with Crippen LogP contribution in [0.25, 0.3) is 0 Å². The number of esters is 1. The Morgan fingerprint density at radius 2 is 0.546 bits per heavy atom. The highest BCUT2D eigenvalue weighted by Gasteiger charge is 2.70. The van der Waals surface area contributed by atoms with E-state index in [9.17, 15) is 4.74 Å². The van der Waals surface area contributed by atoms with Crippen LogP contribution in [0, 0.1) is 166 Å². The summed E-state index contributed by atoms with van der Waals surface area (Å²) >= 11 is 0. The summed E-state index contributed by atoms with van der Waals surface area (Å²) in [6.45, 7) is 52.4. The van der Waals surface area contributed by atoms with E-state index >= 15 is 4.79 Å². The summed E-state index contributed by atoms with van der Waals surface area (Å²) in [5.74, 6) is 12.0. The van der Waals surface area contributed by atoms with Crippen LogP contribution in [0.4, 0.5) is 0 Å². The molecular weight excluding hydrogens is 1310 g/mol. The molecule has 3 heteroatoms. The fourth-order valence-electron chi connectivity index (χ4n) is 32.1. The van der Waals surface area contributed by atoms with E-state index < -0.39 is 22.0 Å². The molecule has 19 unspecified atom stereocenters. The number of hydrogen-bond donors (Lipinski definition) is 0. The van der Waals surface area contributed by atoms with Crippen LogP contribution in [0.1, 0.15) is 343 Å². The smallest absolute Gasteiger partial charge is 0.339 e. The minimum Gasteiger partial charge on any atom is -0.459 e. The van der Waals surface area contributed by atoms with Crippen LogP contribution in [0.3, 0.4) is 0 Å². The van der Waals surface area contributed by atoms with Crippen molar-refractivity contribution in [2.45, 2.75) is 354 Å². The molecule has 0 saturated heterocycles. The first-order chi connectivity index (χ1) is 51.0. The average molecular weight is 1460 g/mol. The molecule has 3 nitrogen and oxygen atoms in total. The Hall–Kier alpha value is -3.17. The summed E-state index contributed by atoms with van der Waals surface area (Å²) in [6.07, 6.45) is 66.1. The van der Waals surface area contributed by atoms with Crippen molar-refractivity contribution in [1.29, 1.82) is 0 Å². The van der Waals surface area contributed by atoms with E-state index in [1.54, 1.807) is 50.2 Å². The van der Waals surface area contributed by atoms with Crippen molar-refractivity contribution in [2.24, 2.45) is 166 Å². The van der Waals surface area contributed by atoms with Crippen molar-refractivity contribution in [3.05, 3.63) is 117 Å². The first-order valence-electron chi connectivity index (χ1n) is 46.7. The molecular formula is C105H154O3. The Morgan fingerprint density at radius 1 is 0.324 bits per heavy atom. The number of allylic oxidation sites excluding steroid dienone is 17. The lowest BCUT2D eigenvalue weighted by Gasteiger charge is -2.66. The second kappa shape index (κ2) is 25.9. The zero-order chi connectivity index (χ0) is 75.9. The lowest BCUT2D eigenvalue weighted by atomic mass is 9.41. The third-order valence-electron chi connectivity index (χ3n) is 42.2. The van der Waals surface area contributed by atoms with Gasteiger partial charge >= 0.3 is 5.97 Å². The molecule has 0 radical (unpaired) electrons. The summed E-state index contributed by atoms with van der Waals surface area (Å²) < 4.78 is 18.0. The van der Waals surface area contributed by atoms with Gasteiger partial charge in [0.15, 0.2) is 5.60 Å². The minimum atomic E-state index is -1.31. The van der Waals surface area contributed by atoms with Crippen molar-refractivity contribution in [3.8, 4) is 0 Å². The highest BCUT2D eigenvalue weighted by Crippen LogP contribution is 2.75. The molecule has 9 fully saturated rings. The molecule has 0 aromatic carbocycles. The molecule has 0 amide bonds. The van der Waals surface area contributed by atoms with Crippen LogP contribution in [0.2, 0.25) is 0 Å². The third-order valence-corrected chi connectivity index (χ3v) is 42.2. The maximum absolute atomic E-state index is 18.8. The number of fused-ring (bicyclic) bond motifs is 9. The lowest BCUT2D eigenvalue weighted by Crippen LogP contribution is -2.66. The first-order valence-corrected chi connectivity index (χ1v) is 46.7. The molecule has 0 N–H and O–H groups in total. The molecule has 0 heterocycles. The molecule has 0 aromatic rings. The summed E-state index contributed by atoms with van der Waals surface area (Å²) in [5.41, 5.74) is 15.0. The van der Waals surface area contributed by atoms with Crippen LogP contribution >= 0.6 is 0 Å². The highest BCUT2D eigenvalue weighted by atomic mass is 16.6. The second-order valence-electron chi connectivity index (χ2n) is 47.9. The predicted octanol–water partition coefficient (Wildman–Crippen LogP) is 28.4. The van der Waals surface area contributed by atoms with Gasteiger partial charge in [-0.2, -0.15) is 0 Å². The fourth-order valence-corrected chi connectivity index (χ4v) is 32.1. The van der Waals surface area contributed by atoms with Gasteiger partial charge in [0.05, 0.1) is 5.60 Å². The topological polar surface area (TPSA) is 35.5 Å². The lowest BCUT2D eigenvalue weighted by molar-refractivity contribution is -0.269. The SMILES string of the molecule is C=CCOC(=O)C(CCC1=CCC2CC1C2(C)C)(OC(CCC1=CCC2CC1C2(C)C)(CCC1=CCC2CC1C2(C)C)C(CCC1=CCC2CC1C2(C)C)(CCC1=CCC2CC1C2(C)C)C1=CCC2CC1C2(C)C)C(CCC1=CCC2CC1C2(C)C)(CCC1=CCC2CC1C2(C)C)CCC1=CCC2CC1C2(C)C. The average Bonchev–Trinajstić information content (AvgIpc) is 0.684. The Morgan fingerprint density at radius 3 is 0.778 bits per heavy atom. The normalized spacial score (nSPS) is 40.7. The molecule has 592 valence electrons. The van der Waals surface area contributed by atoms with Gasteiger partial charge in [0.25, 0.3) is 0 Å². The number of hydrogen-bond acceptors (Lipinski definition) is 3. The van der Waals surface area contributed by atoms with Gasteiger partial charge < -0.3 is 9.47 Å². The Kier molecular flexibility index (Phi) is 18.3. The van der Waals surface area contributed by atoms with Gasteiger partial charge in [0.2, 0.25) is 0 Å². The standard InChI is InChI=1S/C105H154O3/c1-20-55-107-92(106)105(54-46-72-28-36-80-63-90(72)100(80,16)17,102(47-39-65-21-29-73-56-83(65)93(73,2)3,48-40-66-22-30-74-57-84(66)94(74,4)5)49-41-67-23-31-75-58-85(67)95(75,6)7)108-104(52-44-70-26-34-78-61-88(70)98(78,12)13,53-45-71-27-35-79-62-89(71)99(79,14)15)103(82-38-37-81-64-91(82)101(81,18)19,50-42-68-24-32-76-59-86(68)96(76,8)9)51-43-69-25-33-77-60-87(69)97(77,10)11/h20-28,38,73-81,83-91H,1,29-37,39-64H2,2-19H3. The molecule has 108 heavy (non-hydrogen) atoms. The van der Waals surface area contributed by atoms with Crippen molar-refractivity contribution in [2.75, 3.05) is 6.61 Å². The molecule has 18 bridgehead atoms. The van der Waals surface area contributed by atoms with Crippen molar-refractivity contribution < 1.29 is 14.3 Å². The van der Waals surface area contributed by atoms with Gasteiger partial charge in [-0.1, -0.05) is 242 Å². The van der Waals surface area contributed by atoms with Gasteiger partial charge in [-0.25, -0.2) is 4.79 Å². The molecule has 19 atom stereocenters. The van der Waals surface area contributed by atoms with Crippen LogP contribution in [0.5, 0.6) is 0 Å². The van der Waals surface area contributed by atoms with Crippen LogP contribution in [-0.4, -0.2) is 23.8 Å². The molecule has 27 rings (SSSR count). The summed E-state index contributed by atoms with van der Waals surface area (Å²) in [6, 6.07) is 0. The van der Waals surface area contributed by atoms with Crippen LogP contribution < -0.4 is 0 Å². The van der Waals surface area contributed by atoms with Gasteiger partial charge in [-0.05, 0) is 374 Å². The summed E-state index contributed by atoms with van der Waals surface area (Å²) in [7, 11) is 0. The number of carbonyl (C=O) groups excluding carboxylic acids is 1. The maximum atomic E-state index is 18.8. The van der Waals surface area contributed by atoms with Gasteiger partial charge in [0.1, 0.15) is 6.61 Å². The summed E-state index contributed by atoms with van der Waals surface area (Å²) in [4.78, 5) is 18.8. The molecule has 0 aliphatic heterocycles. The second-order valence-corrected chi connectivity index (χ2v) is 47.9. The van der Waals surface area contributed by atoms with E-state index in [1.165, 1.54) is 109 Å².